The van der Waals surface area contributed by atoms with E-state index in [1.54, 1.807) is 30.3 Å². The number of carboxylic acid groups (broad SMARTS) is 2. The fraction of sp³-hybridized carbons (Fsp3) is 0.520. The summed E-state index contributed by atoms with van der Waals surface area (Å²) in [6, 6.07) is 3.84. The van der Waals surface area contributed by atoms with Crippen molar-refractivity contribution in [2.45, 2.75) is 70.1 Å². The van der Waals surface area contributed by atoms with Crippen LogP contribution in [0.3, 0.4) is 0 Å². The molecule has 0 radical (unpaired) electrons. The third-order valence-corrected chi connectivity index (χ3v) is 5.55. The standard InChI is InChI=1S/C25H39N7O7/c1-14(2)11-18(31-21(35)16(26)13-20(33)34)22(36)32-19(12-15-7-4-3-5-8-15)23(37)30-17(24(38)39)9-6-10-29-25(27)28/h3-5,7-8,14,16-19H,6,9-13,26H2,1-2H3,(H,30,37)(H,31,35)(H,32,36)(H,33,34)(H,38,39)(H4,27,28,29). The predicted molar refractivity (Wildman–Crippen MR) is 143 cm³/mol. The lowest BCUT2D eigenvalue weighted by Gasteiger charge is -2.26. The van der Waals surface area contributed by atoms with Crippen LogP contribution < -0.4 is 33.2 Å². The van der Waals surface area contributed by atoms with Crippen molar-refractivity contribution in [2.24, 2.45) is 28.1 Å². The maximum absolute atomic E-state index is 13.2. The van der Waals surface area contributed by atoms with Gasteiger partial charge in [0.15, 0.2) is 5.96 Å². The summed E-state index contributed by atoms with van der Waals surface area (Å²) in [6.07, 6.45) is -0.0822. The van der Waals surface area contributed by atoms with E-state index in [4.69, 9.17) is 22.3 Å². The summed E-state index contributed by atoms with van der Waals surface area (Å²) in [5, 5.41) is 26.0. The van der Waals surface area contributed by atoms with Gasteiger partial charge in [0.05, 0.1) is 12.5 Å². The molecule has 1 rings (SSSR count). The first-order chi connectivity index (χ1) is 18.3. The topological polar surface area (TPSA) is 252 Å². The van der Waals surface area contributed by atoms with E-state index in [1.807, 2.05) is 13.8 Å². The van der Waals surface area contributed by atoms with Gasteiger partial charge in [-0.05, 0) is 30.7 Å². The van der Waals surface area contributed by atoms with Crippen LogP contribution in [-0.2, 0) is 30.4 Å². The van der Waals surface area contributed by atoms with Crippen molar-refractivity contribution in [3.63, 3.8) is 0 Å². The molecule has 0 heterocycles. The number of aliphatic imine (C=N–C) groups is 1. The van der Waals surface area contributed by atoms with Crippen molar-refractivity contribution in [2.75, 3.05) is 6.54 Å². The quantitative estimate of drug-likeness (QED) is 0.0645. The molecule has 1 aromatic rings. The van der Waals surface area contributed by atoms with Gasteiger partial charge in [0, 0.05) is 13.0 Å². The Morgan fingerprint density at radius 3 is 1.97 bits per heavy atom. The van der Waals surface area contributed by atoms with Gasteiger partial charge < -0.3 is 43.4 Å². The van der Waals surface area contributed by atoms with Gasteiger partial charge in [-0.3, -0.25) is 24.2 Å². The highest BCUT2D eigenvalue weighted by Gasteiger charge is 2.31. The van der Waals surface area contributed by atoms with Crippen LogP contribution >= 0.6 is 0 Å². The van der Waals surface area contributed by atoms with E-state index >= 15 is 0 Å². The molecule has 39 heavy (non-hydrogen) atoms. The summed E-state index contributed by atoms with van der Waals surface area (Å²) in [4.78, 5) is 65.3. The molecule has 216 valence electrons. The Morgan fingerprint density at radius 1 is 0.872 bits per heavy atom. The second-order valence-electron chi connectivity index (χ2n) is 9.49. The van der Waals surface area contributed by atoms with Gasteiger partial charge in [0.1, 0.15) is 18.1 Å². The molecular weight excluding hydrogens is 510 g/mol. The second kappa shape index (κ2) is 16.6. The van der Waals surface area contributed by atoms with E-state index in [-0.39, 0.29) is 44.1 Å². The van der Waals surface area contributed by atoms with Gasteiger partial charge in [-0.15, -0.1) is 0 Å². The molecule has 0 spiro atoms. The molecule has 0 aliphatic heterocycles. The number of nitrogens with zero attached hydrogens (tertiary/aromatic N) is 1. The predicted octanol–water partition coefficient (Wildman–Crippen LogP) is -1.33. The van der Waals surface area contributed by atoms with Crippen molar-refractivity contribution >= 4 is 35.6 Å². The number of amides is 3. The highest BCUT2D eigenvalue weighted by atomic mass is 16.4. The molecule has 11 N–H and O–H groups in total. The molecule has 4 unspecified atom stereocenters. The van der Waals surface area contributed by atoms with E-state index in [2.05, 4.69) is 20.9 Å². The maximum atomic E-state index is 13.2. The molecule has 0 saturated heterocycles. The highest BCUT2D eigenvalue weighted by molar-refractivity contribution is 5.94. The lowest BCUT2D eigenvalue weighted by atomic mass is 10.00. The average molecular weight is 550 g/mol. The van der Waals surface area contributed by atoms with Crippen molar-refractivity contribution < 1.29 is 34.2 Å². The molecule has 3 amide bonds. The number of rotatable bonds is 17. The Hall–Kier alpha value is -4.20. The number of carbonyl (C=O) groups excluding carboxylic acids is 3. The van der Waals surface area contributed by atoms with Gasteiger partial charge >= 0.3 is 11.9 Å². The van der Waals surface area contributed by atoms with Gasteiger partial charge in [0.25, 0.3) is 0 Å². The molecular formula is C25H39N7O7. The molecule has 0 aromatic heterocycles. The van der Waals surface area contributed by atoms with E-state index in [0.29, 0.717) is 5.56 Å². The number of benzene rings is 1. The molecule has 0 aliphatic carbocycles. The lowest BCUT2D eigenvalue weighted by molar-refractivity contribution is -0.142. The summed E-state index contributed by atoms with van der Waals surface area (Å²) < 4.78 is 0. The molecule has 0 saturated carbocycles. The Labute approximate surface area is 226 Å². The smallest absolute Gasteiger partial charge is 0.326 e. The van der Waals surface area contributed by atoms with Gasteiger partial charge in [-0.25, -0.2) is 4.79 Å². The number of aliphatic carboxylic acids is 2. The molecule has 1 aromatic carbocycles. The van der Waals surface area contributed by atoms with Crippen LogP contribution in [0.15, 0.2) is 35.3 Å². The van der Waals surface area contributed by atoms with Gasteiger partial charge in [-0.2, -0.15) is 0 Å². The zero-order valence-electron chi connectivity index (χ0n) is 22.1. The van der Waals surface area contributed by atoms with Crippen LogP contribution in [0.4, 0.5) is 0 Å². The number of carboxylic acids is 2. The third kappa shape index (κ3) is 13.2. The summed E-state index contributed by atoms with van der Waals surface area (Å²) in [6.45, 7) is 3.81. The van der Waals surface area contributed by atoms with E-state index in [1.165, 1.54) is 0 Å². The van der Waals surface area contributed by atoms with Crippen molar-refractivity contribution in [1.82, 2.24) is 16.0 Å². The fourth-order valence-electron chi connectivity index (χ4n) is 3.63. The van der Waals surface area contributed by atoms with Crippen molar-refractivity contribution in [3.8, 4) is 0 Å². The van der Waals surface area contributed by atoms with Crippen LogP contribution in [0.5, 0.6) is 0 Å². The Kier molecular flexibility index (Phi) is 14.0. The number of nitrogens with two attached hydrogens (primary N) is 3. The molecule has 14 heteroatoms. The van der Waals surface area contributed by atoms with Crippen LogP contribution in [0, 0.1) is 5.92 Å². The Morgan fingerprint density at radius 2 is 1.44 bits per heavy atom. The van der Waals surface area contributed by atoms with E-state index in [0.717, 1.165) is 0 Å². The Balaban J connectivity index is 3.10. The SMILES string of the molecule is CC(C)CC(NC(=O)C(N)CC(=O)O)C(=O)NC(Cc1ccccc1)C(=O)NC(CCCN=C(N)N)C(=O)O. The summed E-state index contributed by atoms with van der Waals surface area (Å²) >= 11 is 0. The minimum Gasteiger partial charge on any atom is -0.481 e. The van der Waals surface area contributed by atoms with Crippen LogP contribution in [0.2, 0.25) is 0 Å². The number of guanidine groups is 1. The first-order valence-corrected chi connectivity index (χ1v) is 12.5. The zero-order chi connectivity index (χ0) is 29.5. The largest absolute Gasteiger partial charge is 0.481 e. The van der Waals surface area contributed by atoms with Crippen molar-refractivity contribution in [1.29, 1.82) is 0 Å². The van der Waals surface area contributed by atoms with Crippen LogP contribution in [0.25, 0.3) is 0 Å². The number of nitrogens with one attached hydrogen (secondary N) is 3. The van der Waals surface area contributed by atoms with Gasteiger partial charge in [-0.1, -0.05) is 44.2 Å². The molecule has 0 fully saturated rings. The first kappa shape index (κ1) is 32.8. The maximum Gasteiger partial charge on any atom is 0.326 e. The van der Waals surface area contributed by atoms with Gasteiger partial charge in [0.2, 0.25) is 17.7 Å². The lowest BCUT2D eigenvalue weighted by Crippen LogP contribution is -2.58. The minimum absolute atomic E-state index is 0.0390. The van der Waals surface area contributed by atoms with Crippen LogP contribution in [0.1, 0.15) is 45.1 Å². The summed E-state index contributed by atoms with van der Waals surface area (Å²) in [5.74, 6) is -4.99. The number of hydrogen-bond donors (Lipinski definition) is 8. The monoisotopic (exact) mass is 549 g/mol. The normalized spacial score (nSPS) is 13.8. The molecule has 4 atom stereocenters. The molecule has 14 nitrogen and oxygen atoms in total. The second-order valence-corrected chi connectivity index (χ2v) is 9.49. The fourth-order valence-corrected chi connectivity index (χ4v) is 3.63. The minimum atomic E-state index is -1.37. The highest BCUT2D eigenvalue weighted by Crippen LogP contribution is 2.09. The van der Waals surface area contributed by atoms with Crippen molar-refractivity contribution in [3.05, 3.63) is 35.9 Å². The summed E-state index contributed by atoms with van der Waals surface area (Å²) in [7, 11) is 0. The first-order valence-electron chi connectivity index (χ1n) is 12.5. The van der Waals surface area contributed by atoms with E-state index in [9.17, 15) is 29.1 Å². The molecule has 0 bridgehead atoms. The summed E-state index contributed by atoms with van der Waals surface area (Å²) in [5.41, 5.74) is 16.9. The van der Waals surface area contributed by atoms with E-state index < -0.39 is 60.2 Å². The zero-order valence-corrected chi connectivity index (χ0v) is 22.1. The van der Waals surface area contributed by atoms with Crippen LogP contribution in [-0.4, -0.2) is 76.5 Å². The average Bonchev–Trinajstić information content (AvgIpc) is 2.84. The molecule has 0 aliphatic rings. The third-order valence-electron chi connectivity index (χ3n) is 5.55. The number of carbonyl (C=O) groups is 5. The Bertz CT molecular complexity index is 1010. The number of hydrogen-bond acceptors (Lipinski definition) is 7.